The molecule has 0 fully saturated rings. The van der Waals surface area contributed by atoms with Crippen molar-refractivity contribution in [3.63, 3.8) is 0 Å². The van der Waals surface area contributed by atoms with Gasteiger partial charge in [0.2, 0.25) is 0 Å². The summed E-state index contributed by atoms with van der Waals surface area (Å²) in [5.41, 5.74) is 11.8. The number of nitrogens with zero attached hydrogens (tertiary/aromatic N) is 2. The number of sulfone groups is 1. The first-order valence-electron chi connectivity index (χ1n) is 6.66. The van der Waals surface area contributed by atoms with Gasteiger partial charge < -0.3 is 16.8 Å². The predicted molar refractivity (Wildman–Crippen MR) is 88.3 cm³/mol. The average Bonchev–Trinajstić information content (AvgIpc) is 2.45. The number of hydrogen-bond donors (Lipinski definition) is 3. The minimum Gasteiger partial charge on any atom is -0.384 e. The summed E-state index contributed by atoms with van der Waals surface area (Å²) in [4.78, 5) is 30.2. The minimum atomic E-state index is -3.26. The van der Waals surface area contributed by atoms with Gasteiger partial charge in [0.1, 0.15) is 5.82 Å². The Hall–Kier alpha value is -3.01. The molecule has 1 aromatic carbocycles. The molecule has 126 valence electrons. The van der Waals surface area contributed by atoms with Gasteiger partial charge in [0.05, 0.1) is 11.4 Å². The van der Waals surface area contributed by atoms with E-state index in [4.69, 9.17) is 11.5 Å². The maximum Gasteiger partial charge on any atom is 0.313 e. The summed E-state index contributed by atoms with van der Waals surface area (Å²) in [7, 11) is -3.26. The fraction of sp³-hybridized carbons (Fsp3) is 0.143. The highest BCUT2D eigenvalue weighted by molar-refractivity contribution is 7.89. The molecule has 0 atom stereocenters. The van der Waals surface area contributed by atoms with Crippen molar-refractivity contribution in [3.05, 3.63) is 36.0 Å². The Kier molecular flexibility index (Phi) is 4.79. The smallest absolute Gasteiger partial charge is 0.313 e. The standard InChI is InChI=1S/C14H15N5O4S/c1-24(22,23)7-10-6-11(15)19-13(17-10)8-2-4-9(5-3-8)18-14(21)12(16)20/h2-6H,7H2,1H3,(H2,16,20)(H,18,21)(H2,15,17,19). The van der Waals surface area contributed by atoms with Crippen molar-refractivity contribution >= 4 is 33.2 Å². The molecule has 0 aliphatic heterocycles. The molecule has 0 unspecified atom stereocenters. The molecule has 2 rings (SSSR count). The summed E-state index contributed by atoms with van der Waals surface area (Å²) in [5.74, 6) is -1.88. The second kappa shape index (κ2) is 6.62. The van der Waals surface area contributed by atoms with E-state index in [1.165, 1.54) is 18.2 Å². The van der Waals surface area contributed by atoms with Crippen LogP contribution in [0.1, 0.15) is 5.69 Å². The molecular weight excluding hydrogens is 334 g/mol. The van der Waals surface area contributed by atoms with Crippen LogP contribution in [-0.4, -0.2) is 36.5 Å². The first kappa shape index (κ1) is 17.3. The third-order valence-corrected chi connectivity index (χ3v) is 3.65. The second-order valence-electron chi connectivity index (χ2n) is 5.07. The molecule has 24 heavy (non-hydrogen) atoms. The van der Waals surface area contributed by atoms with Crippen molar-refractivity contribution in [2.45, 2.75) is 5.75 Å². The molecule has 0 saturated heterocycles. The Labute approximate surface area is 138 Å². The first-order valence-corrected chi connectivity index (χ1v) is 8.72. The van der Waals surface area contributed by atoms with Gasteiger partial charge in [-0.3, -0.25) is 9.59 Å². The number of nitrogens with two attached hydrogens (primary N) is 2. The van der Waals surface area contributed by atoms with Crippen LogP contribution in [0.25, 0.3) is 11.4 Å². The molecule has 0 aliphatic carbocycles. The average molecular weight is 349 g/mol. The van der Waals surface area contributed by atoms with E-state index in [0.717, 1.165) is 6.26 Å². The first-order chi connectivity index (χ1) is 11.1. The van der Waals surface area contributed by atoms with Crippen LogP contribution < -0.4 is 16.8 Å². The Morgan fingerprint density at radius 2 is 1.79 bits per heavy atom. The van der Waals surface area contributed by atoms with E-state index in [0.29, 0.717) is 11.3 Å². The number of nitrogens with one attached hydrogen (secondary N) is 1. The number of anilines is 2. The number of amides is 2. The van der Waals surface area contributed by atoms with Crippen LogP contribution in [0.2, 0.25) is 0 Å². The molecular formula is C14H15N5O4S. The van der Waals surface area contributed by atoms with Gasteiger partial charge in [-0.2, -0.15) is 0 Å². The van der Waals surface area contributed by atoms with E-state index < -0.39 is 21.7 Å². The zero-order valence-electron chi connectivity index (χ0n) is 12.7. The van der Waals surface area contributed by atoms with Crippen molar-refractivity contribution in [3.8, 4) is 11.4 Å². The molecule has 9 nitrogen and oxygen atoms in total. The van der Waals surface area contributed by atoms with Crippen LogP contribution in [0.4, 0.5) is 11.5 Å². The third-order valence-electron chi connectivity index (χ3n) is 2.83. The summed E-state index contributed by atoms with van der Waals surface area (Å²) < 4.78 is 22.8. The van der Waals surface area contributed by atoms with Crippen molar-refractivity contribution < 1.29 is 18.0 Å². The molecule has 1 aromatic heterocycles. The van der Waals surface area contributed by atoms with Gasteiger partial charge in [0, 0.05) is 23.6 Å². The van der Waals surface area contributed by atoms with Crippen LogP contribution in [-0.2, 0) is 25.2 Å². The van der Waals surface area contributed by atoms with Crippen LogP contribution in [0.15, 0.2) is 30.3 Å². The van der Waals surface area contributed by atoms with Gasteiger partial charge in [0.25, 0.3) is 0 Å². The summed E-state index contributed by atoms with van der Waals surface area (Å²) >= 11 is 0. The van der Waals surface area contributed by atoms with E-state index in [1.54, 1.807) is 12.1 Å². The normalized spacial score (nSPS) is 11.0. The molecule has 2 amide bonds. The third kappa shape index (κ3) is 4.74. The number of hydrogen-bond acceptors (Lipinski definition) is 7. The van der Waals surface area contributed by atoms with E-state index >= 15 is 0 Å². The van der Waals surface area contributed by atoms with Gasteiger partial charge in [-0.05, 0) is 24.3 Å². The summed E-state index contributed by atoms with van der Waals surface area (Å²) in [6.07, 6.45) is 1.10. The molecule has 10 heteroatoms. The minimum absolute atomic E-state index is 0.143. The highest BCUT2D eigenvalue weighted by atomic mass is 32.2. The maximum atomic E-state index is 11.4. The van der Waals surface area contributed by atoms with Crippen molar-refractivity contribution in [1.29, 1.82) is 0 Å². The van der Waals surface area contributed by atoms with Gasteiger partial charge >= 0.3 is 11.8 Å². The molecule has 0 aliphatic rings. The Morgan fingerprint density at radius 1 is 1.17 bits per heavy atom. The van der Waals surface area contributed by atoms with Gasteiger partial charge in [-0.25, -0.2) is 18.4 Å². The van der Waals surface area contributed by atoms with Crippen LogP contribution in [0.3, 0.4) is 0 Å². The van der Waals surface area contributed by atoms with E-state index in [9.17, 15) is 18.0 Å². The summed E-state index contributed by atoms with van der Waals surface area (Å²) in [6, 6.07) is 7.63. The molecule has 5 N–H and O–H groups in total. The lowest BCUT2D eigenvalue weighted by Gasteiger charge is -2.07. The number of primary amides is 1. The van der Waals surface area contributed by atoms with Crippen molar-refractivity contribution in [2.24, 2.45) is 5.73 Å². The van der Waals surface area contributed by atoms with E-state index in [-0.39, 0.29) is 23.1 Å². The predicted octanol–water partition coefficient (Wildman–Crippen LogP) is -0.306. The van der Waals surface area contributed by atoms with Gasteiger partial charge in [-0.1, -0.05) is 0 Å². The van der Waals surface area contributed by atoms with Crippen LogP contribution >= 0.6 is 0 Å². The molecule has 0 saturated carbocycles. The molecule has 0 radical (unpaired) electrons. The number of carbonyl (C=O) groups excluding carboxylic acids is 2. The quantitative estimate of drug-likeness (QED) is 0.639. The largest absolute Gasteiger partial charge is 0.384 e. The van der Waals surface area contributed by atoms with E-state index in [1.807, 2.05) is 0 Å². The fourth-order valence-corrected chi connectivity index (χ4v) is 2.57. The number of rotatable bonds is 4. The SMILES string of the molecule is CS(=O)(=O)Cc1cc(N)nc(-c2ccc(NC(=O)C(N)=O)cc2)n1. The van der Waals surface area contributed by atoms with Crippen molar-refractivity contribution in [2.75, 3.05) is 17.3 Å². The number of nitrogen functional groups attached to an aromatic ring is 1. The molecule has 2 aromatic rings. The van der Waals surface area contributed by atoms with Crippen molar-refractivity contribution in [1.82, 2.24) is 9.97 Å². The Balaban J connectivity index is 2.28. The maximum absolute atomic E-state index is 11.4. The molecule has 1 heterocycles. The number of benzene rings is 1. The highest BCUT2D eigenvalue weighted by Crippen LogP contribution is 2.20. The highest BCUT2D eigenvalue weighted by Gasteiger charge is 2.12. The Morgan fingerprint density at radius 3 is 2.33 bits per heavy atom. The van der Waals surface area contributed by atoms with Crippen LogP contribution in [0, 0.1) is 0 Å². The van der Waals surface area contributed by atoms with Crippen LogP contribution in [0.5, 0.6) is 0 Å². The topological polar surface area (TPSA) is 158 Å². The molecule has 0 bridgehead atoms. The molecule has 0 spiro atoms. The lowest BCUT2D eigenvalue weighted by Crippen LogP contribution is -2.29. The second-order valence-corrected chi connectivity index (χ2v) is 7.21. The lowest BCUT2D eigenvalue weighted by atomic mass is 10.2. The number of aromatic nitrogens is 2. The fourth-order valence-electron chi connectivity index (χ4n) is 1.89. The monoisotopic (exact) mass is 349 g/mol. The van der Waals surface area contributed by atoms with Gasteiger partial charge in [0.15, 0.2) is 15.7 Å². The zero-order chi connectivity index (χ0) is 17.9. The summed E-state index contributed by atoms with van der Waals surface area (Å²) in [5, 5.41) is 2.32. The lowest BCUT2D eigenvalue weighted by molar-refractivity contribution is -0.134. The zero-order valence-corrected chi connectivity index (χ0v) is 13.5. The van der Waals surface area contributed by atoms with Gasteiger partial charge in [-0.15, -0.1) is 0 Å². The number of carbonyl (C=O) groups is 2. The Bertz CT molecular complexity index is 894. The summed E-state index contributed by atoms with van der Waals surface area (Å²) in [6.45, 7) is 0. The van der Waals surface area contributed by atoms with E-state index in [2.05, 4.69) is 15.3 Å².